The van der Waals surface area contributed by atoms with E-state index in [1.165, 1.54) is 6.07 Å². The van der Waals surface area contributed by atoms with Crippen molar-refractivity contribution < 1.29 is 17.9 Å². The number of rotatable bonds is 8. The Morgan fingerprint density at radius 3 is 2.43 bits per heavy atom. The first-order valence-corrected chi connectivity index (χ1v) is 13.2. The molecule has 0 amide bonds. The van der Waals surface area contributed by atoms with E-state index in [1.54, 1.807) is 12.1 Å². The molecular formula is C31H37F3O. The molecule has 35 heavy (non-hydrogen) atoms. The van der Waals surface area contributed by atoms with E-state index in [0.717, 1.165) is 62.5 Å². The predicted molar refractivity (Wildman–Crippen MR) is 137 cm³/mol. The van der Waals surface area contributed by atoms with Gasteiger partial charge in [-0.1, -0.05) is 36.4 Å². The maximum Gasteiger partial charge on any atom is 0.166 e. The van der Waals surface area contributed by atoms with Crippen LogP contribution in [0, 0.1) is 29.3 Å². The van der Waals surface area contributed by atoms with Gasteiger partial charge in [-0.25, -0.2) is 13.2 Å². The molecule has 1 saturated carbocycles. The van der Waals surface area contributed by atoms with Gasteiger partial charge in [-0.15, -0.1) is 0 Å². The monoisotopic (exact) mass is 482 g/mol. The fourth-order valence-corrected chi connectivity index (χ4v) is 5.79. The molecule has 188 valence electrons. The van der Waals surface area contributed by atoms with Gasteiger partial charge in [0.25, 0.3) is 0 Å². The summed E-state index contributed by atoms with van der Waals surface area (Å²) in [4.78, 5) is 0. The van der Waals surface area contributed by atoms with Gasteiger partial charge in [0.2, 0.25) is 0 Å². The summed E-state index contributed by atoms with van der Waals surface area (Å²) in [5.74, 6) is 0.159. The maximum atomic E-state index is 14.9. The molecule has 0 spiro atoms. The molecule has 1 unspecified atom stereocenters. The number of hydrogen-bond donors (Lipinski definition) is 0. The standard InChI is InChI=1S/C31H37F3O/c1-3-5-21-6-13-24(14-7-21)28-18-16-25(30(33)31(28)34)15-10-22-8-11-23(12-9-22)27-19-17-26(35-4-2)20-29(27)32/h3,5,13,16-23H,4,6-12,14-15H2,1-2H3. The first-order chi connectivity index (χ1) is 17.0. The summed E-state index contributed by atoms with van der Waals surface area (Å²) in [7, 11) is 0. The van der Waals surface area contributed by atoms with E-state index in [2.05, 4.69) is 18.2 Å². The van der Waals surface area contributed by atoms with Gasteiger partial charge in [0, 0.05) is 11.6 Å². The summed E-state index contributed by atoms with van der Waals surface area (Å²) in [6.45, 7) is 4.42. The van der Waals surface area contributed by atoms with Crippen LogP contribution < -0.4 is 4.74 Å². The lowest BCUT2D eigenvalue weighted by molar-refractivity contribution is 0.304. The minimum absolute atomic E-state index is 0.192. The fraction of sp³-hybridized carbons (Fsp3) is 0.484. The molecule has 0 aromatic heterocycles. The van der Waals surface area contributed by atoms with Gasteiger partial charge in [0.1, 0.15) is 11.6 Å². The Morgan fingerprint density at radius 1 is 0.971 bits per heavy atom. The SMILES string of the molecule is CC=CC1CC=C(c2ccc(CCC3CCC(c4ccc(OCC)cc4F)CC3)c(F)c2F)CC1. The number of allylic oxidation sites excluding steroid dienone is 4. The summed E-state index contributed by atoms with van der Waals surface area (Å²) in [6, 6.07) is 8.72. The number of ether oxygens (including phenoxy) is 1. The van der Waals surface area contributed by atoms with Crippen molar-refractivity contribution in [3.8, 4) is 5.75 Å². The second kappa shape index (κ2) is 12.0. The normalized spacial score (nSPS) is 22.9. The Labute approximate surface area is 208 Å². The Balaban J connectivity index is 1.32. The number of hydrogen-bond acceptors (Lipinski definition) is 1. The van der Waals surface area contributed by atoms with Crippen molar-refractivity contribution in [1.82, 2.24) is 0 Å². The van der Waals surface area contributed by atoms with Crippen molar-refractivity contribution in [1.29, 1.82) is 0 Å². The molecule has 0 saturated heterocycles. The summed E-state index contributed by atoms with van der Waals surface area (Å²) in [5, 5.41) is 0. The van der Waals surface area contributed by atoms with Crippen LogP contribution in [-0.2, 0) is 6.42 Å². The first-order valence-electron chi connectivity index (χ1n) is 13.2. The molecule has 2 aliphatic carbocycles. The first kappa shape index (κ1) is 25.6. The van der Waals surface area contributed by atoms with Gasteiger partial charge in [0.15, 0.2) is 11.6 Å². The number of benzene rings is 2. The van der Waals surface area contributed by atoms with E-state index in [0.29, 0.717) is 41.7 Å². The predicted octanol–water partition coefficient (Wildman–Crippen LogP) is 9.17. The second-order valence-electron chi connectivity index (χ2n) is 10.1. The van der Waals surface area contributed by atoms with Gasteiger partial charge in [-0.05, 0) is 112 Å². The van der Waals surface area contributed by atoms with Crippen molar-refractivity contribution in [2.45, 2.75) is 77.6 Å². The third kappa shape index (κ3) is 6.20. The van der Waals surface area contributed by atoms with Crippen LogP contribution >= 0.6 is 0 Å². The van der Waals surface area contributed by atoms with Gasteiger partial charge >= 0.3 is 0 Å². The van der Waals surface area contributed by atoms with Gasteiger partial charge in [-0.3, -0.25) is 0 Å². The lowest BCUT2D eigenvalue weighted by atomic mass is 9.76. The Bertz CT molecular complexity index is 1060. The molecule has 0 heterocycles. The minimum Gasteiger partial charge on any atom is -0.494 e. The van der Waals surface area contributed by atoms with E-state index in [-0.39, 0.29) is 11.7 Å². The zero-order valence-corrected chi connectivity index (χ0v) is 21.0. The summed E-state index contributed by atoms with van der Waals surface area (Å²) in [6.07, 6.45) is 14.1. The zero-order valence-electron chi connectivity index (χ0n) is 21.0. The van der Waals surface area contributed by atoms with Crippen molar-refractivity contribution in [2.24, 2.45) is 11.8 Å². The Hall–Kier alpha value is -2.49. The highest BCUT2D eigenvalue weighted by Gasteiger charge is 2.25. The molecule has 2 aliphatic rings. The quantitative estimate of drug-likeness (QED) is 0.341. The molecule has 1 atom stereocenters. The Morgan fingerprint density at radius 2 is 1.77 bits per heavy atom. The summed E-state index contributed by atoms with van der Waals surface area (Å²) >= 11 is 0. The molecule has 4 rings (SSSR count). The second-order valence-corrected chi connectivity index (χ2v) is 10.1. The summed E-state index contributed by atoms with van der Waals surface area (Å²) in [5.41, 5.74) is 2.58. The third-order valence-electron chi connectivity index (χ3n) is 7.82. The van der Waals surface area contributed by atoms with Crippen LogP contribution in [0.1, 0.15) is 87.8 Å². The van der Waals surface area contributed by atoms with Crippen molar-refractivity contribution in [3.05, 3.63) is 82.7 Å². The van der Waals surface area contributed by atoms with Gasteiger partial charge < -0.3 is 4.74 Å². The molecular weight excluding hydrogens is 445 g/mol. The zero-order chi connectivity index (χ0) is 24.8. The molecule has 0 N–H and O–H groups in total. The smallest absolute Gasteiger partial charge is 0.166 e. The highest BCUT2D eigenvalue weighted by molar-refractivity contribution is 5.67. The van der Waals surface area contributed by atoms with Crippen LogP contribution in [0.4, 0.5) is 13.2 Å². The van der Waals surface area contributed by atoms with Crippen molar-refractivity contribution in [3.63, 3.8) is 0 Å². The van der Waals surface area contributed by atoms with Crippen molar-refractivity contribution >= 4 is 5.57 Å². The van der Waals surface area contributed by atoms with E-state index in [9.17, 15) is 13.2 Å². The molecule has 1 nitrogen and oxygen atoms in total. The number of aryl methyl sites for hydroxylation is 1. The molecule has 2 aromatic rings. The topological polar surface area (TPSA) is 9.23 Å². The Kier molecular flexibility index (Phi) is 8.75. The van der Waals surface area contributed by atoms with E-state index in [1.807, 2.05) is 26.0 Å². The van der Waals surface area contributed by atoms with Crippen LogP contribution in [-0.4, -0.2) is 6.61 Å². The van der Waals surface area contributed by atoms with Crippen LogP contribution in [0.3, 0.4) is 0 Å². The molecule has 4 heteroatoms. The number of halogens is 3. The lowest BCUT2D eigenvalue weighted by Gasteiger charge is -2.29. The van der Waals surface area contributed by atoms with Gasteiger partial charge in [-0.2, -0.15) is 0 Å². The third-order valence-corrected chi connectivity index (χ3v) is 7.82. The lowest BCUT2D eigenvalue weighted by Crippen LogP contribution is -2.15. The molecule has 0 radical (unpaired) electrons. The van der Waals surface area contributed by atoms with Gasteiger partial charge in [0.05, 0.1) is 6.61 Å². The molecule has 0 aliphatic heterocycles. The average molecular weight is 483 g/mol. The van der Waals surface area contributed by atoms with Crippen LogP contribution in [0.15, 0.2) is 48.6 Å². The highest BCUT2D eigenvalue weighted by Crippen LogP contribution is 2.39. The average Bonchev–Trinajstić information content (AvgIpc) is 2.87. The largest absolute Gasteiger partial charge is 0.494 e. The molecule has 1 fully saturated rings. The fourth-order valence-electron chi connectivity index (χ4n) is 5.79. The molecule has 0 bridgehead atoms. The molecule has 2 aromatic carbocycles. The van der Waals surface area contributed by atoms with E-state index in [4.69, 9.17) is 4.74 Å². The van der Waals surface area contributed by atoms with Crippen LogP contribution in [0.25, 0.3) is 5.57 Å². The minimum atomic E-state index is -0.701. The van der Waals surface area contributed by atoms with Crippen LogP contribution in [0.5, 0.6) is 5.75 Å². The van der Waals surface area contributed by atoms with E-state index < -0.39 is 11.6 Å². The van der Waals surface area contributed by atoms with E-state index >= 15 is 0 Å². The maximum absolute atomic E-state index is 14.9. The van der Waals surface area contributed by atoms with Crippen molar-refractivity contribution in [2.75, 3.05) is 6.61 Å². The summed E-state index contributed by atoms with van der Waals surface area (Å²) < 4.78 is 49.8. The highest BCUT2D eigenvalue weighted by atomic mass is 19.2. The van der Waals surface area contributed by atoms with Crippen LogP contribution in [0.2, 0.25) is 0 Å².